The van der Waals surface area contributed by atoms with Crippen LogP contribution in [0.5, 0.6) is 0 Å². The molecule has 0 N–H and O–H groups in total. The zero-order chi connectivity index (χ0) is 28.1. The summed E-state index contributed by atoms with van der Waals surface area (Å²) >= 11 is 1.86. The van der Waals surface area contributed by atoms with Crippen molar-refractivity contribution in [2.45, 2.75) is 0 Å². The molecule has 0 aliphatic rings. The van der Waals surface area contributed by atoms with Crippen LogP contribution >= 0.6 is 11.3 Å². The molecule has 7 aromatic carbocycles. The highest BCUT2D eigenvalue weighted by Crippen LogP contribution is 2.49. The van der Waals surface area contributed by atoms with Gasteiger partial charge in [0.2, 0.25) is 0 Å². The Hall–Kier alpha value is -5.38. The summed E-state index contributed by atoms with van der Waals surface area (Å²) < 4.78 is 15.7. The second-order valence-electron chi connectivity index (χ2n) is 11.2. The molecule has 0 fully saturated rings. The first-order valence-corrected chi connectivity index (χ1v) is 15.3. The van der Waals surface area contributed by atoms with Gasteiger partial charge in [0.05, 0.1) is 5.39 Å². The molecule has 0 saturated carbocycles. The van der Waals surface area contributed by atoms with Crippen molar-refractivity contribution in [3.8, 4) is 22.5 Å². The zero-order valence-corrected chi connectivity index (χ0v) is 23.7. The molecule has 10 aromatic rings. The molecule has 3 aromatic heterocycles. The molecule has 0 atom stereocenters. The van der Waals surface area contributed by atoms with Gasteiger partial charge >= 0.3 is 0 Å². The van der Waals surface area contributed by atoms with Crippen LogP contribution in [0.2, 0.25) is 0 Å². The maximum absolute atomic E-state index is 6.85. The van der Waals surface area contributed by atoms with Crippen molar-refractivity contribution in [2.75, 3.05) is 0 Å². The normalized spacial score (nSPS) is 12.2. The van der Waals surface area contributed by atoms with E-state index in [0.29, 0.717) is 0 Å². The highest BCUT2D eigenvalue weighted by atomic mass is 32.1. The van der Waals surface area contributed by atoms with Gasteiger partial charge < -0.3 is 8.83 Å². The van der Waals surface area contributed by atoms with Crippen molar-refractivity contribution in [3.63, 3.8) is 0 Å². The van der Waals surface area contributed by atoms with Gasteiger partial charge in [-0.3, -0.25) is 0 Å². The summed E-state index contributed by atoms with van der Waals surface area (Å²) in [5, 5.41) is 10.6. The molecule has 0 aliphatic carbocycles. The summed E-state index contributed by atoms with van der Waals surface area (Å²) in [7, 11) is 0. The third-order valence-corrected chi connectivity index (χ3v) is 10.0. The number of rotatable bonds is 2. The van der Waals surface area contributed by atoms with Crippen LogP contribution < -0.4 is 0 Å². The fraction of sp³-hybridized carbons (Fsp3) is 0. The van der Waals surface area contributed by atoms with Crippen LogP contribution in [0.4, 0.5) is 0 Å². The molecule has 0 amide bonds. The lowest BCUT2D eigenvalue weighted by atomic mass is 9.86. The summed E-state index contributed by atoms with van der Waals surface area (Å²) in [6.45, 7) is 0. The van der Waals surface area contributed by atoms with Gasteiger partial charge in [-0.1, -0.05) is 97.1 Å². The number of thiophene rings is 1. The van der Waals surface area contributed by atoms with Crippen LogP contribution in [0.25, 0.3) is 97.1 Å². The summed E-state index contributed by atoms with van der Waals surface area (Å²) in [5.41, 5.74) is 6.24. The van der Waals surface area contributed by atoms with Crippen molar-refractivity contribution < 1.29 is 8.83 Å². The van der Waals surface area contributed by atoms with Crippen molar-refractivity contribution in [2.24, 2.45) is 0 Å². The first-order chi connectivity index (χ1) is 21.3. The third kappa shape index (κ3) is 3.17. The lowest BCUT2D eigenvalue weighted by Crippen LogP contribution is -1.90. The van der Waals surface area contributed by atoms with E-state index in [0.717, 1.165) is 44.2 Å². The molecule has 0 radical (unpaired) electrons. The number of benzene rings is 7. The maximum atomic E-state index is 6.85. The number of para-hydroxylation sites is 1. The largest absolute Gasteiger partial charge is 0.456 e. The van der Waals surface area contributed by atoms with Crippen molar-refractivity contribution in [1.29, 1.82) is 0 Å². The fourth-order valence-electron chi connectivity index (χ4n) is 7.10. The average molecular weight is 567 g/mol. The monoisotopic (exact) mass is 566 g/mol. The van der Waals surface area contributed by atoms with Crippen molar-refractivity contribution >= 4 is 86.0 Å². The van der Waals surface area contributed by atoms with Crippen LogP contribution in [-0.4, -0.2) is 0 Å². The van der Waals surface area contributed by atoms with Gasteiger partial charge in [-0.15, -0.1) is 11.3 Å². The predicted molar refractivity (Wildman–Crippen MR) is 182 cm³/mol. The fourth-order valence-corrected chi connectivity index (χ4v) is 8.23. The molecule has 200 valence electrons. The van der Waals surface area contributed by atoms with Crippen LogP contribution in [0.1, 0.15) is 0 Å². The Morgan fingerprint density at radius 3 is 1.81 bits per heavy atom. The minimum Gasteiger partial charge on any atom is -0.456 e. The number of furan rings is 2. The number of fused-ring (bicyclic) bond motifs is 10. The van der Waals surface area contributed by atoms with E-state index in [-0.39, 0.29) is 0 Å². The lowest BCUT2D eigenvalue weighted by molar-refractivity contribution is 0.635. The summed E-state index contributed by atoms with van der Waals surface area (Å²) in [6.07, 6.45) is 0. The van der Waals surface area contributed by atoms with E-state index in [1.165, 1.54) is 52.8 Å². The number of hydrogen-bond acceptors (Lipinski definition) is 3. The van der Waals surface area contributed by atoms with Crippen LogP contribution in [0.3, 0.4) is 0 Å². The Morgan fingerprint density at radius 2 is 1.05 bits per heavy atom. The van der Waals surface area contributed by atoms with Crippen LogP contribution in [-0.2, 0) is 0 Å². The smallest absolute Gasteiger partial charge is 0.146 e. The van der Waals surface area contributed by atoms with E-state index >= 15 is 0 Å². The minimum absolute atomic E-state index is 0.843. The molecule has 0 saturated heterocycles. The highest BCUT2D eigenvalue weighted by molar-refractivity contribution is 7.25. The van der Waals surface area contributed by atoms with Gasteiger partial charge in [0.1, 0.15) is 22.5 Å². The van der Waals surface area contributed by atoms with E-state index in [4.69, 9.17) is 8.83 Å². The Balaban J connectivity index is 1.34. The summed E-state index contributed by atoms with van der Waals surface area (Å²) in [5.74, 6) is 0.867. The molecule has 3 heteroatoms. The van der Waals surface area contributed by atoms with Gasteiger partial charge in [0, 0.05) is 36.5 Å². The molecule has 2 nitrogen and oxygen atoms in total. The van der Waals surface area contributed by atoms with Gasteiger partial charge in [-0.05, 0) is 69.1 Å². The number of hydrogen-bond donors (Lipinski definition) is 0. The van der Waals surface area contributed by atoms with Crippen molar-refractivity contribution in [3.05, 3.63) is 133 Å². The zero-order valence-electron chi connectivity index (χ0n) is 22.9. The first kappa shape index (κ1) is 23.2. The third-order valence-electron chi connectivity index (χ3n) is 8.87. The highest BCUT2D eigenvalue weighted by Gasteiger charge is 2.22. The molecule has 10 rings (SSSR count). The molecule has 43 heavy (non-hydrogen) atoms. The minimum atomic E-state index is 0.843. The molecule has 3 heterocycles. The quantitative estimate of drug-likeness (QED) is 0.195. The summed E-state index contributed by atoms with van der Waals surface area (Å²) in [6, 6.07) is 47.6. The molecular weight excluding hydrogens is 545 g/mol. The van der Waals surface area contributed by atoms with E-state index in [1.54, 1.807) is 0 Å². The molecule has 0 aliphatic heterocycles. The molecule has 0 bridgehead atoms. The molecule has 0 spiro atoms. The molecular formula is C40H22O2S. The second kappa shape index (κ2) is 8.57. The topological polar surface area (TPSA) is 26.3 Å². The van der Waals surface area contributed by atoms with E-state index in [2.05, 4.69) is 121 Å². The van der Waals surface area contributed by atoms with E-state index in [1.807, 2.05) is 23.5 Å². The SMILES string of the molecule is c1ccc2c(c1)oc1ccc3cc(-c4c5ccccc5c(-c5cccc6sc7ccccc7c56)c5ccccc45)oc3c12. The van der Waals surface area contributed by atoms with Gasteiger partial charge in [-0.2, -0.15) is 0 Å². The average Bonchev–Trinajstić information content (AvgIpc) is 3.76. The summed E-state index contributed by atoms with van der Waals surface area (Å²) in [4.78, 5) is 0. The van der Waals surface area contributed by atoms with Gasteiger partial charge in [0.15, 0.2) is 0 Å². The predicted octanol–water partition coefficient (Wildman–Crippen LogP) is 12.3. The van der Waals surface area contributed by atoms with Gasteiger partial charge in [-0.25, -0.2) is 0 Å². The van der Waals surface area contributed by atoms with E-state index in [9.17, 15) is 0 Å². The Bertz CT molecular complexity index is 2680. The standard InChI is InChI=1S/C40H22O2S/c1-3-12-26-24(10-1)36(30-16-9-19-35-38(30)29-15-6-8-18-34(29)43-35)25-11-2-4-13-27(25)37(26)33-22-23-20-21-32-39(40(23)42-33)28-14-5-7-17-31(28)41-32/h1-22H. The second-order valence-corrected chi connectivity index (χ2v) is 12.3. The van der Waals surface area contributed by atoms with Crippen LogP contribution in [0, 0.1) is 0 Å². The first-order valence-electron chi connectivity index (χ1n) is 14.5. The van der Waals surface area contributed by atoms with E-state index < -0.39 is 0 Å². The molecule has 0 unspecified atom stereocenters. The van der Waals surface area contributed by atoms with Crippen LogP contribution in [0.15, 0.2) is 142 Å². The maximum Gasteiger partial charge on any atom is 0.146 e. The Kier molecular flexibility index (Phi) is 4.63. The Morgan fingerprint density at radius 1 is 0.419 bits per heavy atom. The van der Waals surface area contributed by atoms with Crippen molar-refractivity contribution in [1.82, 2.24) is 0 Å². The van der Waals surface area contributed by atoms with Gasteiger partial charge in [0.25, 0.3) is 0 Å². The lowest BCUT2D eigenvalue weighted by Gasteiger charge is -2.17. The Labute approximate surface area is 250 Å².